The minimum atomic E-state index is -4.05. The molecule has 3 rings (SSSR count). The third kappa shape index (κ3) is 4.51. The highest BCUT2D eigenvalue weighted by Gasteiger charge is 2.26. The van der Waals surface area contributed by atoms with E-state index < -0.39 is 22.6 Å². The molecule has 29 heavy (non-hydrogen) atoms. The first kappa shape index (κ1) is 21.4. The molecule has 0 N–H and O–H groups in total. The molecule has 1 aliphatic rings. The van der Waals surface area contributed by atoms with Gasteiger partial charge in [0.05, 0.1) is 17.7 Å². The Kier molecular flexibility index (Phi) is 6.38. The van der Waals surface area contributed by atoms with E-state index in [9.17, 15) is 18.0 Å². The van der Waals surface area contributed by atoms with E-state index in [1.165, 1.54) is 31.9 Å². The van der Waals surface area contributed by atoms with Gasteiger partial charge in [0.1, 0.15) is 4.90 Å². The number of carbonyl (C=O) groups excluding carboxylic acids is 2. The van der Waals surface area contributed by atoms with Crippen molar-refractivity contribution < 1.29 is 27.6 Å². The third-order valence-electron chi connectivity index (χ3n) is 4.80. The number of esters is 1. The Hall–Kier alpha value is -2.26. The number of Topliss-reactive ketones (excluding diaryl/α,β-unsaturated/α-hetero) is 1. The lowest BCUT2D eigenvalue weighted by Gasteiger charge is -2.15. The minimum Gasteiger partial charge on any atom is -0.454 e. The molecule has 0 radical (unpaired) electrons. The molecule has 0 aromatic heterocycles. The molecule has 0 aliphatic heterocycles. The predicted molar refractivity (Wildman–Crippen MR) is 106 cm³/mol. The van der Waals surface area contributed by atoms with Crippen molar-refractivity contribution in [2.24, 2.45) is 0 Å². The van der Waals surface area contributed by atoms with E-state index in [-0.39, 0.29) is 21.3 Å². The standard InChI is InChI=1S/C20H20ClNO6S/c1-22(27-2)29(25,26)19-11-16(8-9-17(19)21)20(24)28-12-18(23)15-7-6-13-4-3-5-14(13)10-15/h6-11H,3-5,12H2,1-2H3. The average molecular weight is 438 g/mol. The van der Waals surface area contributed by atoms with Crippen molar-refractivity contribution >= 4 is 33.4 Å². The summed E-state index contributed by atoms with van der Waals surface area (Å²) in [7, 11) is -1.66. The maximum absolute atomic E-state index is 12.4. The zero-order chi connectivity index (χ0) is 21.2. The molecular formula is C20H20ClNO6S. The summed E-state index contributed by atoms with van der Waals surface area (Å²) in [5.74, 6) is -1.15. The van der Waals surface area contributed by atoms with Crippen LogP contribution in [0, 0.1) is 0 Å². The molecule has 0 unspecified atom stereocenters. The van der Waals surface area contributed by atoms with Gasteiger partial charge in [-0.3, -0.25) is 9.63 Å². The van der Waals surface area contributed by atoms with Crippen LogP contribution in [0.1, 0.15) is 38.3 Å². The molecule has 0 heterocycles. The van der Waals surface area contributed by atoms with Crippen LogP contribution >= 0.6 is 11.6 Å². The summed E-state index contributed by atoms with van der Waals surface area (Å²) in [4.78, 5) is 29.1. The lowest BCUT2D eigenvalue weighted by Crippen LogP contribution is -2.26. The third-order valence-corrected chi connectivity index (χ3v) is 6.96. The van der Waals surface area contributed by atoms with Gasteiger partial charge in [-0.15, -0.1) is 0 Å². The number of halogens is 1. The second-order valence-corrected chi connectivity index (χ2v) is 8.89. The lowest BCUT2D eigenvalue weighted by molar-refractivity contribution is -0.0258. The van der Waals surface area contributed by atoms with Crippen molar-refractivity contribution in [2.75, 3.05) is 20.8 Å². The summed E-state index contributed by atoms with van der Waals surface area (Å²) >= 11 is 5.97. The number of rotatable bonds is 7. The number of ketones is 1. The normalized spacial score (nSPS) is 13.4. The molecule has 7 nitrogen and oxygen atoms in total. The number of nitrogens with zero attached hydrogens (tertiary/aromatic N) is 1. The van der Waals surface area contributed by atoms with Gasteiger partial charge in [-0.25, -0.2) is 13.2 Å². The Labute approximate surface area is 174 Å². The summed E-state index contributed by atoms with van der Waals surface area (Å²) in [6.45, 7) is -0.444. The monoisotopic (exact) mass is 437 g/mol. The molecule has 0 bridgehead atoms. The number of benzene rings is 2. The number of hydrogen-bond donors (Lipinski definition) is 0. The molecule has 9 heteroatoms. The Morgan fingerprint density at radius 3 is 2.48 bits per heavy atom. The Morgan fingerprint density at radius 2 is 1.76 bits per heavy atom. The van der Waals surface area contributed by atoms with Crippen LogP contribution in [0.25, 0.3) is 0 Å². The molecule has 0 fully saturated rings. The van der Waals surface area contributed by atoms with Gasteiger partial charge < -0.3 is 4.74 Å². The molecule has 154 valence electrons. The number of carbonyl (C=O) groups is 2. The minimum absolute atomic E-state index is 0.0424. The van der Waals surface area contributed by atoms with Crippen molar-refractivity contribution in [3.05, 3.63) is 63.7 Å². The smallest absolute Gasteiger partial charge is 0.338 e. The number of aryl methyl sites for hydroxylation is 2. The molecule has 2 aromatic rings. The van der Waals surface area contributed by atoms with Gasteiger partial charge >= 0.3 is 5.97 Å². The molecule has 0 saturated heterocycles. The number of ether oxygens (including phenoxy) is 1. The van der Waals surface area contributed by atoms with Crippen LogP contribution in [0.15, 0.2) is 41.3 Å². The first-order valence-corrected chi connectivity index (χ1v) is 10.7. The molecule has 0 amide bonds. The molecule has 0 atom stereocenters. The van der Waals surface area contributed by atoms with Gasteiger partial charge in [-0.2, -0.15) is 0 Å². The topological polar surface area (TPSA) is 90.0 Å². The number of hydroxylamine groups is 1. The highest BCUT2D eigenvalue weighted by molar-refractivity contribution is 7.89. The predicted octanol–water partition coefficient (Wildman–Crippen LogP) is 3.05. The van der Waals surface area contributed by atoms with Crippen molar-refractivity contribution in [3.63, 3.8) is 0 Å². The van der Waals surface area contributed by atoms with Crippen LogP contribution in [-0.4, -0.2) is 45.4 Å². The van der Waals surface area contributed by atoms with Crippen LogP contribution in [0.4, 0.5) is 0 Å². The quantitative estimate of drug-likeness (QED) is 0.375. The Morgan fingerprint density at radius 1 is 1.07 bits per heavy atom. The van der Waals surface area contributed by atoms with Gasteiger partial charge in [0.15, 0.2) is 12.4 Å². The van der Waals surface area contributed by atoms with Crippen molar-refractivity contribution in [3.8, 4) is 0 Å². The summed E-state index contributed by atoms with van der Waals surface area (Å²) in [6, 6.07) is 9.20. The van der Waals surface area contributed by atoms with Crippen LogP contribution in [0.2, 0.25) is 5.02 Å². The molecular weight excluding hydrogens is 418 g/mol. The van der Waals surface area contributed by atoms with Crippen molar-refractivity contribution in [1.82, 2.24) is 4.47 Å². The van der Waals surface area contributed by atoms with Gasteiger partial charge in [0, 0.05) is 12.6 Å². The van der Waals surface area contributed by atoms with Gasteiger partial charge in [0.25, 0.3) is 10.0 Å². The zero-order valence-corrected chi connectivity index (χ0v) is 17.5. The summed E-state index contributed by atoms with van der Waals surface area (Å²) in [6.07, 6.45) is 3.02. The Bertz CT molecular complexity index is 1070. The molecule has 0 spiro atoms. The highest BCUT2D eigenvalue weighted by Crippen LogP contribution is 2.26. The van der Waals surface area contributed by atoms with Crippen LogP contribution in [-0.2, 0) is 32.4 Å². The van der Waals surface area contributed by atoms with Crippen molar-refractivity contribution in [1.29, 1.82) is 0 Å². The SMILES string of the molecule is CON(C)S(=O)(=O)c1cc(C(=O)OCC(=O)c2ccc3c(c2)CCC3)ccc1Cl. The maximum atomic E-state index is 12.4. The summed E-state index contributed by atoms with van der Waals surface area (Å²) in [5.41, 5.74) is 2.84. The summed E-state index contributed by atoms with van der Waals surface area (Å²) < 4.78 is 30.5. The van der Waals surface area contributed by atoms with Crippen molar-refractivity contribution in [2.45, 2.75) is 24.2 Å². The van der Waals surface area contributed by atoms with E-state index in [0.717, 1.165) is 30.9 Å². The Balaban J connectivity index is 1.73. The van der Waals surface area contributed by atoms with Crippen LogP contribution < -0.4 is 0 Å². The lowest BCUT2D eigenvalue weighted by atomic mass is 10.0. The van der Waals surface area contributed by atoms with E-state index >= 15 is 0 Å². The summed E-state index contributed by atoms with van der Waals surface area (Å²) in [5, 5.41) is -0.0698. The fourth-order valence-corrected chi connectivity index (χ4v) is 4.58. The average Bonchev–Trinajstić information content (AvgIpc) is 3.19. The highest BCUT2D eigenvalue weighted by atomic mass is 35.5. The van der Waals surface area contributed by atoms with Gasteiger partial charge in [0.2, 0.25) is 0 Å². The van der Waals surface area contributed by atoms with Gasteiger partial charge in [-0.1, -0.05) is 28.2 Å². The maximum Gasteiger partial charge on any atom is 0.338 e. The van der Waals surface area contributed by atoms with Gasteiger partial charge in [-0.05, 0) is 54.7 Å². The fourth-order valence-electron chi connectivity index (χ4n) is 3.11. The van der Waals surface area contributed by atoms with E-state index in [1.807, 2.05) is 12.1 Å². The fraction of sp³-hybridized carbons (Fsp3) is 0.300. The van der Waals surface area contributed by atoms with E-state index in [2.05, 4.69) is 0 Å². The van der Waals surface area contributed by atoms with Crippen LogP contribution in [0.3, 0.4) is 0 Å². The zero-order valence-electron chi connectivity index (χ0n) is 16.0. The first-order valence-electron chi connectivity index (χ1n) is 8.88. The molecule has 0 saturated carbocycles. The van der Waals surface area contributed by atoms with E-state index in [0.29, 0.717) is 10.0 Å². The van der Waals surface area contributed by atoms with Crippen LogP contribution in [0.5, 0.6) is 0 Å². The van der Waals surface area contributed by atoms with E-state index in [4.69, 9.17) is 21.2 Å². The number of hydrogen-bond acceptors (Lipinski definition) is 6. The first-order chi connectivity index (χ1) is 13.7. The molecule has 2 aromatic carbocycles. The largest absolute Gasteiger partial charge is 0.454 e. The number of fused-ring (bicyclic) bond motifs is 1. The second-order valence-electron chi connectivity index (χ2n) is 6.58. The number of sulfonamides is 1. The van der Waals surface area contributed by atoms with E-state index in [1.54, 1.807) is 6.07 Å². The second kappa shape index (κ2) is 8.62. The molecule has 1 aliphatic carbocycles.